The molecule has 1 aliphatic heterocycles. The van der Waals surface area contributed by atoms with Gasteiger partial charge in [-0.2, -0.15) is 0 Å². The number of imidazole rings is 1. The number of nitrogens with zero attached hydrogens (tertiary/aromatic N) is 4. The number of aliphatic hydroxyl groups excluding tert-OH is 1. The van der Waals surface area contributed by atoms with Gasteiger partial charge in [0.25, 0.3) is 0 Å². The van der Waals surface area contributed by atoms with Crippen LogP contribution in [0.3, 0.4) is 0 Å². The topological polar surface area (TPSA) is 65.7 Å². The minimum Gasteiger partial charge on any atom is -0.394 e. The average molecular weight is 275 g/mol. The van der Waals surface area contributed by atoms with Crippen LogP contribution in [-0.4, -0.2) is 45.7 Å². The Balaban J connectivity index is 2.08. The van der Waals surface area contributed by atoms with Gasteiger partial charge in [-0.3, -0.25) is 0 Å². The summed E-state index contributed by atoms with van der Waals surface area (Å²) in [4.78, 5) is 11.3. The molecule has 2 aromatic heterocycles. The molecule has 2 N–H and O–H groups in total. The van der Waals surface area contributed by atoms with Crippen molar-refractivity contribution in [2.24, 2.45) is 0 Å². The van der Waals surface area contributed by atoms with Gasteiger partial charge in [0.2, 0.25) is 0 Å². The Kier molecular flexibility index (Phi) is 3.73. The van der Waals surface area contributed by atoms with Crippen molar-refractivity contribution in [1.82, 2.24) is 14.4 Å². The Bertz CT molecular complexity index is 582. The molecule has 3 heterocycles. The number of aromatic nitrogens is 3. The van der Waals surface area contributed by atoms with E-state index < -0.39 is 0 Å². The van der Waals surface area contributed by atoms with Crippen molar-refractivity contribution >= 4 is 17.3 Å². The van der Waals surface area contributed by atoms with Crippen LogP contribution in [0.5, 0.6) is 0 Å². The van der Waals surface area contributed by atoms with Crippen LogP contribution in [0.15, 0.2) is 18.6 Å². The second-order valence-corrected chi connectivity index (χ2v) is 5.24. The predicted molar refractivity (Wildman–Crippen MR) is 79.2 cm³/mol. The minimum atomic E-state index is 0.137. The van der Waals surface area contributed by atoms with Crippen molar-refractivity contribution in [3.8, 4) is 0 Å². The van der Waals surface area contributed by atoms with Gasteiger partial charge in [0.1, 0.15) is 5.82 Å². The molecular weight excluding hydrogens is 254 g/mol. The molecule has 1 fully saturated rings. The van der Waals surface area contributed by atoms with Gasteiger partial charge in [-0.1, -0.05) is 12.8 Å². The first-order valence-corrected chi connectivity index (χ1v) is 7.22. The van der Waals surface area contributed by atoms with E-state index in [-0.39, 0.29) is 12.6 Å². The monoisotopic (exact) mass is 275 g/mol. The molecule has 2 aromatic rings. The summed E-state index contributed by atoms with van der Waals surface area (Å²) in [5, 5.41) is 12.8. The Morgan fingerprint density at radius 1 is 1.40 bits per heavy atom. The predicted octanol–water partition coefficient (Wildman–Crippen LogP) is 1.51. The lowest BCUT2D eigenvalue weighted by Gasteiger charge is -2.30. The van der Waals surface area contributed by atoms with E-state index in [1.807, 2.05) is 23.8 Å². The second-order valence-electron chi connectivity index (χ2n) is 5.24. The zero-order chi connectivity index (χ0) is 13.9. The maximum absolute atomic E-state index is 9.68. The molecule has 1 saturated heterocycles. The molecular formula is C14H21N5O. The average Bonchev–Trinajstić information content (AvgIpc) is 2.82. The summed E-state index contributed by atoms with van der Waals surface area (Å²) in [6.45, 7) is 1.09. The highest BCUT2D eigenvalue weighted by Gasteiger charge is 2.24. The van der Waals surface area contributed by atoms with Gasteiger partial charge in [0.05, 0.1) is 18.8 Å². The quantitative estimate of drug-likeness (QED) is 0.889. The SMILES string of the molecule is CNc1cn2ccnc2c(N2CCCCCC2CO)n1. The first kappa shape index (κ1) is 13.2. The molecule has 1 aliphatic rings. The number of hydrogen-bond acceptors (Lipinski definition) is 5. The van der Waals surface area contributed by atoms with Gasteiger partial charge >= 0.3 is 0 Å². The summed E-state index contributed by atoms with van der Waals surface area (Å²) in [6.07, 6.45) is 10.2. The fraction of sp³-hybridized carbons (Fsp3) is 0.571. The summed E-state index contributed by atoms with van der Waals surface area (Å²) in [7, 11) is 1.86. The van der Waals surface area contributed by atoms with Crippen LogP contribution >= 0.6 is 0 Å². The fourth-order valence-electron chi connectivity index (χ4n) is 2.87. The van der Waals surface area contributed by atoms with Gasteiger partial charge in [-0.15, -0.1) is 0 Å². The highest BCUT2D eigenvalue weighted by atomic mass is 16.3. The van der Waals surface area contributed by atoms with E-state index in [1.54, 1.807) is 6.20 Å². The number of rotatable bonds is 3. The lowest BCUT2D eigenvalue weighted by Crippen LogP contribution is -2.38. The first-order chi connectivity index (χ1) is 9.83. The molecule has 20 heavy (non-hydrogen) atoms. The van der Waals surface area contributed by atoms with Gasteiger partial charge in [-0.25, -0.2) is 9.97 Å². The van der Waals surface area contributed by atoms with E-state index in [0.29, 0.717) is 0 Å². The van der Waals surface area contributed by atoms with Crippen LogP contribution in [0.2, 0.25) is 0 Å². The molecule has 3 rings (SSSR count). The molecule has 1 unspecified atom stereocenters. The third kappa shape index (κ3) is 2.31. The Morgan fingerprint density at radius 3 is 3.10 bits per heavy atom. The highest BCUT2D eigenvalue weighted by molar-refractivity contribution is 5.67. The Morgan fingerprint density at radius 2 is 2.30 bits per heavy atom. The van der Waals surface area contributed by atoms with Crippen molar-refractivity contribution in [2.75, 3.05) is 30.4 Å². The summed E-state index contributed by atoms with van der Waals surface area (Å²) in [6, 6.07) is 0.137. The van der Waals surface area contributed by atoms with Crippen LogP contribution in [0.4, 0.5) is 11.6 Å². The van der Waals surface area contributed by atoms with Crippen molar-refractivity contribution in [3.05, 3.63) is 18.6 Å². The number of nitrogens with one attached hydrogen (secondary N) is 1. The lowest BCUT2D eigenvalue weighted by atomic mass is 10.1. The molecule has 0 amide bonds. The van der Waals surface area contributed by atoms with E-state index in [2.05, 4.69) is 20.2 Å². The van der Waals surface area contributed by atoms with Gasteiger partial charge in [0, 0.05) is 26.0 Å². The second kappa shape index (κ2) is 5.66. The van der Waals surface area contributed by atoms with Gasteiger partial charge in [-0.05, 0) is 12.8 Å². The number of hydrogen-bond donors (Lipinski definition) is 2. The molecule has 108 valence electrons. The lowest BCUT2D eigenvalue weighted by molar-refractivity contribution is 0.254. The maximum atomic E-state index is 9.68. The minimum absolute atomic E-state index is 0.137. The largest absolute Gasteiger partial charge is 0.394 e. The van der Waals surface area contributed by atoms with Crippen molar-refractivity contribution in [2.45, 2.75) is 31.7 Å². The Labute approximate surface area is 118 Å². The summed E-state index contributed by atoms with van der Waals surface area (Å²) in [5.74, 6) is 1.68. The summed E-state index contributed by atoms with van der Waals surface area (Å²) < 4.78 is 1.98. The van der Waals surface area contributed by atoms with Gasteiger partial charge in [0.15, 0.2) is 11.5 Å². The van der Waals surface area contributed by atoms with E-state index in [0.717, 1.165) is 43.1 Å². The number of fused-ring (bicyclic) bond motifs is 1. The van der Waals surface area contributed by atoms with Crippen LogP contribution in [0.1, 0.15) is 25.7 Å². The maximum Gasteiger partial charge on any atom is 0.180 e. The zero-order valence-electron chi connectivity index (χ0n) is 11.8. The molecule has 6 heteroatoms. The van der Waals surface area contributed by atoms with Crippen LogP contribution < -0.4 is 10.2 Å². The number of anilines is 2. The standard InChI is InChI=1S/C14H21N5O/c1-15-12-9-18-8-6-16-13(18)14(17-12)19-7-4-2-3-5-11(19)10-20/h6,8-9,11,15,20H,2-5,7,10H2,1H3. The van der Waals surface area contributed by atoms with E-state index in [9.17, 15) is 5.11 Å². The molecule has 6 nitrogen and oxygen atoms in total. The summed E-state index contributed by atoms with van der Waals surface area (Å²) in [5.41, 5.74) is 0.851. The van der Waals surface area contributed by atoms with Crippen molar-refractivity contribution in [3.63, 3.8) is 0 Å². The molecule has 1 atom stereocenters. The van der Waals surface area contributed by atoms with Crippen molar-refractivity contribution < 1.29 is 5.11 Å². The molecule has 0 aliphatic carbocycles. The molecule has 0 bridgehead atoms. The third-order valence-electron chi connectivity index (χ3n) is 3.97. The third-order valence-corrected chi connectivity index (χ3v) is 3.97. The van der Waals surface area contributed by atoms with E-state index in [1.165, 1.54) is 6.42 Å². The van der Waals surface area contributed by atoms with E-state index >= 15 is 0 Å². The molecule has 0 aromatic carbocycles. The van der Waals surface area contributed by atoms with Crippen LogP contribution in [0, 0.1) is 0 Å². The van der Waals surface area contributed by atoms with E-state index in [4.69, 9.17) is 0 Å². The zero-order valence-corrected chi connectivity index (χ0v) is 11.8. The Hall–Kier alpha value is -1.82. The first-order valence-electron chi connectivity index (χ1n) is 7.22. The molecule has 0 saturated carbocycles. The van der Waals surface area contributed by atoms with Crippen molar-refractivity contribution in [1.29, 1.82) is 0 Å². The van der Waals surface area contributed by atoms with Gasteiger partial charge < -0.3 is 19.7 Å². The normalized spacial score (nSPS) is 20.1. The summed E-state index contributed by atoms with van der Waals surface area (Å²) >= 11 is 0. The molecule has 0 radical (unpaired) electrons. The number of aliphatic hydroxyl groups is 1. The molecule has 0 spiro atoms. The van der Waals surface area contributed by atoms with Crippen LogP contribution in [0.25, 0.3) is 5.65 Å². The smallest absolute Gasteiger partial charge is 0.180 e. The fourth-order valence-corrected chi connectivity index (χ4v) is 2.87. The van der Waals surface area contributed by atoms with Crippen LogP contribution in [-0.2, 0) is 0 Å². The highest BCUT2D eigenvalue weighted by Crippen LogP contribution is 2.26.